The van der Waals surface area contributed by atoms with E-state index in [0.717, 1.165) is 31.5 Å². The Bertz CT molecular complexity index is 493. The fourth-order valence-electron chi connectivity index (χ4n) is 2.67. The number of aryl methyl sites for hydroxylation is 1. The van der Waals surface area contributed by atoms with Gasteiger partial charge in [-0.25, -0.2) is 0 Å². The summed E-state index contributed by atoms with van der Waals surface area (Å²) in [6.07, 6.45) is 2.22. The first-order valence-electron chi connectivity index (χ1n) is 7.19. The van der Waals surface area contributed by atoms with E-state index in [9.17, 15) is 4.79 Å². The third-order valence-corrected chi connectivity index (χ3v) is 4.60. The first kappa shape index (κ1) is 15.3. The molecule has 1 aliphatic heterocycles. The third-order valence-electron chi connectivity index (χ3n) is 4.27. The maximum Gasteiger partial charge on any atom is 0.230 e. The molecule has 1 aromatic rings. The van der Waals surface area contributed by atoms with Crippen molar-refractivity contribution in [3.05, 3.63) is 28.8 Å². The van der Waals surface area contributed by atoms with Gasteiger partial charge >= 0.3 is 0 Å². The Morgan fingerprint density at radius 2 is 2.20 bits per heavy atom. The van der Waals surface area contributed by atoms with E-state index in [0.29, 0.717) is 16.6 Å². The van der Waals surface area contributed by atoms with E-state index < -0.39 is 5.41 Å². The summed E-state index contributed by atoms with van der Waals surface area (Å²) in [6, 6.07) is 5.67. The number of amides is 1. The molecule has 110 valence electrons. The summed E-state index contributed by atoms with van der Waals surface area (Å²) in [5.41, 5.74) is 1.39. The molecule has 0 saturated carbocycles. The molecule has 0 bridgehead atoms. The van der Waals surface area contributed by atoms with Crippen molar-refractivity contribution in [2.75, 3.05) is 18.4 Å². The predicted molar refractivity (Wildman–Crippen MR) is 84.2 cm³/mol. The van der Waals surface area contributed by atoms with Crippen LogP contribution in [-0.4, -0.2) is 19.0 Å². The average Bonchev–Trinajstić information content (AvgIpc) is 2.43. The standard InChI is InChI=1S/C16H23ClN2O/c1-11-6-7-13(17)14(9-11)19-15(20)16(2,3)12-5-4-8-18-10-12/h6-7,9,12,18H,4-5,8,10H2,1-3H3,(H,19,20). The van der Waals surface area contributed by atoms with Crippen LogP contribution in [0.15, 0.2) is 18.2 Å². The quantitative estimate of drug-likeness (QED) is 0.894. The summed E-state index contributed by atoms with van der Waals surface area (Å²) in [5, 5.41) is 6.95. The second-order valence-corrected chi connectivity index (χ2v) is 6.61. The van der Waals surface area contributed by atoms with Crippen LogP contribution in [-0.2, 0) is 4.79 Å². The van der Waals surface area contributed by atoms with Crippen LogP contribution in [0.3, 0.4) is 0 Å². The lowest BCUT2D eigenvalue weighted by molar-refractivity contribution is -0.127. The largest absolute Gasteiger partial charge is 0.324 e. The van der Waals surface area contributed by atoms with Crippen LogP contribution in [0.4, 0.5) is 5.69 Å². The number of nitrogens with one attached hydrogen (secondary N) is 2. The highest BCUT2D eigenvalue weighted by Gasteiger charge is 2.37. The molecule has 0 aliphatic carbocycles. The van der Waals surface area contributed by atoms with E-state index in [2.05, 4.69) is 10.6 Å². The molecule has 1 fully saturated rings. The van der Waals surface area contributed by atoms with Crippen LogP contribution < -0.4 is 10.6 Å². The van der Waals surface area contributed by atoms with Crippen molar-refractivity contribution in [1.82, 2.24) is 5.32 Å². The predicted octanol–water partition coefficient (Wildman–Crippen LogP) is 3.61. The third kappa shape index (κ3) is 3.33. The van der Waals surface area contributed by atoms with Crippen molar-refractivity contribution in [3.63, 3.8) is 0 Å². The molecule has 1 heterocycles. The maximum atomic E-state index is 12.6. The normalized spacial score (nSPS) is 19.7. The molecular weight excluding hydrogens is 272 g/mol. The Balaban J connectivity index is 2.11. The molecule has 2 rings (SSSR count). The molecule has 1 atom stereocenters. The lowest BCUT2D eigenvalue weighted by Gasteiger charge is -2.36. The van der Waals surface area contributed by atoms with Crippen LogP contribution in [0.1, 0.15) is 32.3 Å². The Labute approximate surface area is 126 Å². The lowest BCUT2D eigenvalue weighted by atomic mass is 9.74. The summed E-state index contributed by atoms with van der Waals surface area (Å²) < 4.78 is 0. The fourth-order valence-corrected chi connectivity index (χ4v) is 2.84. The number of halogens is 1. The van der Waals surface area contributed by atoms with Crippen molar-refractivity contribution in [1.29, 1.82) is 0 Å². The van der Waals surface area contributed by atoms with E-state index >= 15 is 0 Å². The SMILES string of the molecule is Cc1ccc(Cl)c(NC(=O)C(C)(C)C2CCCNC2)c1. The lowest BCUT2D eigenvalue weighted by Crippen LogP contribution is -2.44. The van der Waals surface area contributed by atoms with Crippen molar-refractivity contribution < 1.29 is 4.79 Å². The van der Waals surface area contributed by atoms with E-state index in [4.69, 9.17) is 11.6 Å². The smallest absolute Gasteiger partial charge is 0.230 e. The second kappa shape index (κ2) is 6.15. The minimum absolute atomic E-state index is 0.0405. The topological polar surface area (TPSA) is 41.1 Å². The molecule has 2 N–H and O–H groups in total. The average molecular weight is 295 g/mol. The van der Waals surface area contributed by atoms with Crippen LogP contribution in [0.2, 0.25) is 5.02 Å². The van der Waals surface area contributed by atoms with E-state index in [1.165, 1.54) is 0 Å². The molecule has 0 spiro atoms. The van der Waals surface area contributed by atoms with Gasteiger partial charge in [-0.05, 0) is 56.5 Å². The first-order valence-corrected chi connectivity index (χ1v) is 7.57. The summed E-state index contributed by atoms with van der Waals surface area (Å²) in [5.74, 6) is 0.401. The number of carbonyl (C=O) groups excluding carboxylic acids is 1. The first-order chi connectivity index (χ1) is 9.41. The van der Waals surface area contributed by atoms with Gasteiger partial charge in [0.05, 0.1) is 10.7 Å². The summed E-state index contributed by atoms with van der Waals surface area (Å²) in [7, 11) is 0. The number of anilines is 1. The van der Waals surface area contributed by atoms with Crippen LogP contribution >= 0.6 is 11.6 Å². The Morgan fingerprint density at radius 1 is 1.45 bits per heavy atom. The minimum Gasteiger partial charge on any atom is -0.324 e. The number of carbonyl (C=O) groups is 1. The number of piperidine rings is 1. The van der Waals surface area contributed by atoms with Crippen molar-refractivity contribution in [2.45, 2.75) is 33.6 Å². The van der Waals surface area contributed by atoms with Crippen molar-refractivity contribution >= 4 is 23.2 Å². The molecule has 3 nitrogen and oxygen atoms in total. The molecule has 1 amide bonds. The van der Waals surface area contributed by atoms with Gasteiger partial charge in [0.25, 0.3) is 0 Å². The maximum absolute atomic E-state index is 12.6. The van der Waals surface area contributed by atoms with Gasteiger partial charge in [-0.1, -0.05) is 31.5 Å². The van der Waals surface area contributed by atoms with Gasteiger partial charge in [0.1, 0.15) is 0 Å². The van der Waals surface area contributed by atoms with Gasteiger partial charge < -0.3 is 10.6 Å². The van der Waals surface area contributed by atoms with Gasteiger partial charge in [-0.15, -0.1) is 0 Å². The van der Waals surface area contributed by atoms with Crippen LogP contribution in [0.25, 0.3) is 0 Å². The van der Waals surface area contributed by atoms with Gasteiger partial charge in [0, 0.05) is 5.41 Å². The monoisotopic (exact) mass is 294 g/mol. The Kier molecular flexibility index (Phi) is 4.71. The van der Waals surface area contributed by atoms with E-state index in [-0.39, 0.29) is 5.91 Å². The fraction of sp³-hybridized carbons (Fsp3) is 0.562. The zero-order valence-electron chi connectivity index (χ0n) is 12.4. The van der Waals surface area contributed by atoms with Crippen molar-refractivity contribution in [2.24, 2.45) is 11.3 Å². The summed E-state index contributed by atoms with van der Waals surface area (Å²) in [4.78, 5) is 12.6. The summed E-state index contributed by atoms with van der Waals surface area (Å²) in [6.45, 7) is 7.98. The van der Waals surface area contributed by atoms with Crippen molar-refractivity contribution in [3.8, 4) is 0 Å². The molecule has 0 aromatic heterocycles. The van der Waals surface area contributed by atoms with Gasteiger partial charge in [0.2, 0.25) is 5.91 Å². The minimum atomic E-state index is -0.402. The summed E-state index contributed by atoms with van der Waals surface area (Å²) >= 11 is 6.15. The van der Waals surface area contributed by atoms with Gasteiger partial charge in [-0.3, -0.25) is 4.79 Å². The molecule has 1 unspecified atom stereocenters. The molecule has 1 aliphatic rings. The van der Waals surface area contributed by atoms with Crippen LogP contribution in [0, 0.1) is 18.3 Å². The highest BCUT2D eigenvalue weighted by atomic mass is 35.5. The Hall–Kier alpha value is -1.06. The molecule has 4 heteroatoms. The van der Waals surface area contributed by atoms with E-state index in [1.807, 2.05) is 39.0 Å². The Morgan fingerprint density at radius 3 is 2.85 bits per heavy atom. The molecule has 20 heavy (non-hydrogen) atoms. The number of benzene rings is 1. The molecule has 0 radical (unpaired) electrons. The molecule has 1 aromatic carbocycles. The van der Waals surface area contributed by atoms with E-state index in [1.54, 1.807) is 0 Å². The zero-order chi connectivity index (χ0) is 14.8. The number of rotatable bonds is 3. The highest BCUT2D eigenvalue weighted by molar-refractivity contribution is 6.33. The molecule has 1 saturated heterocycles. The van der Waals surface area contributed by atoms with Gasteiger partial charge in [0.15, 0.2) is 0 Å². The zero-order valence-corrected chi connectivity index (χ0v) is 13.2. The van der Waals surface area contributed by atoms with Gasteiger partial charge in [-0.2, -0.15) is 0 Å². The van der Waals surface area contributed by atoms with Crippen LogP contribution in [0.5, 0.6) is 0 Å². The second-order valence-electron chi connectivity index (χ2n) is 6.20. The highest BCUT2D eigenvalue weighted by Crippen LogP contribution is 2.34. The number of hydrogen-bond donors (Lipinski definition) is 2. The number of hydrogen-bond acceptors (Lipinski definition) is 2. The molecular formula is C16H23ClN2O.